The average Bonchev–Trinajstić information content (AvgIpc) is 3.01. The molecule has 0 saturated heterocycles. The molecular formula is C17H13ClN6. The van der Waals surface area contributed by atoms with Crippen LogP contribution in [-0.4, -0.2) is 24.7 Å². The molecule has 0 radical (unpaired) electrons. The largest absolute Gasteiger partial charge is 0.383 e. The van der Waals surface area contributed by atoms with Gasteiger partial charge in [-0.15, -0.1) is 0 Å². The highest BCUT2D eigenvalue weighted by Crippen LogP contribution is 2.31. The van der Waals surface area contributed by atoms with Crippen molar-refractivity contribution >= 4 is 28.5 Å². The number of nitrogens with zero attached hydrogens (tertiary/aromatic N) is 5. The molecular weight excluding hydrogens is 324 g/mol. The molecule has 0 atom stereocenters. The highest BCUT2D eigenvalue weighted by Gasteiger charge is 2.15. The summed E-state index contributed by atoms with van der Waals surface area (Å²) in [5.74, 6) is 0.416. The van der Waals surface area contributed by atoms with Gasteiger partial charge in [0.05, 0.1) is 16.9 Å². The Labute approximate surface area is 143 Å². The van der Waals surface area contributed by atoms with Crippen LogP contribution in [0.2, 0.25) is 5.02 Å². The Balaban J connectivity index is 1.98. The first-order valence-electron chi connectivity index (χ1n) is 7.30. The van der Waals surface area contributed by atoms with Gasteiger partial charge in [0, 0.05) is 28.9 Å². The van der Waals surface area contributed by atoms with Gasteiger partial charge in [0.2, 0.25) is 0 Å². The number of benzene rings is 1. The fraction of sp³-hybridized carbons (Fsp3) is 0.0588. The van der Waals surface area contributed by atoms with Crippen molar-refractivity contribution in [1.82, 2.24) is 24.7 Å². The molecule has 1 aromatic carbocycles. The molecule has 24 heavy (non-hydrogen) atoms. The zero-order valence-corrected chi connectivity index (χ0v) is 13.6. The van der Waals surface area contributed by atoms with Crippen LogP contribution in [-0.2, 0) is 0 Å². The Kier molecular flexibility index (Phi) is 3.39. The summed E-state index contributed by atoms with van der Waals surface area (Å²) in [6, 6.07) is 7.66. The Morgan fingerprint density at radius 1 is 1.08 bits per heavy atom. The van der Waals surface area contributed by atoms with Gasteiger partial charge in [0.25, 0.3) is 0 Å². The Morgan fingerprint density at radius 3 is 2.79 bits per heavy atom. The number of hydrogen-bond donors (Lipinski definition) is 1. The number of aryl methyl sites for hydroxylation is 1. The third-order valence-corrected chi connectivity index (χ3v) is 4.15. The van der Waals surface area contributed by atoms with E-state index in [0.717, 1.165) is 27.8 Å². The first-order chi connectivity index (χ1) is 11.6. The van der Waals surface area contributed by atoms with Crippen molar-refractivity contribution in [2.75, 3.05) is 5.73 Å². The number of pyridine rings is 1. The summed E-state index contributed by atoms with van der Waals surface area (Å²) in [6.45, 7) is 2.01. The minimum absolute atomic E-state index is 0.416. The highest BCUT2D eigenvalue weighted by molar-refractivity contribution is 6.32. The molecule has 0 bridgehead atoms. The number of aromatic nitrogens is 5. The SMILES string of the molecule is Cc1ccc(Cl)c(-n2ncc3c(-c4cncnc4N)ccnc32)c1. The predicted molar refractivity (Wildman–Crippen MR) is 94.1 cm³/mol. The number of hydrogen-bond acceptors (Lipinski definition) is 5. The number of nitrogens with two attached hydrogens (primary N) is 1. The zero-order valence-electron chi connectivity index (χ0n) is 12.8. The van der Waals surface area contributed by atoms with E-state index < -0.39 is 0 Å². The number of rotatable bonds is 2. The van der Waals surface area contributed by atoms with Gasteiger partial charge in [0.1, 0.15) is 12.1 Å². The maximum Gasteiger partial charge on any atom is 0.163 e. The summed E-state index contributed by atoms with van der Waals surface area (Å²) in [6.07, 6.45) is 6.58. The van der Waals surface area contributed by atoms with Crippen LogP contribution in [0.1, 0.15) is 5.56 Å². The van der Waals surface area contributed by atoms with E-state index >= 15 is 0 Å². The summed E-state index contributed by atoms with van der Waals surface area (Å²) in [5.41, 5.74) is 10.2. The van der Waals surface area contributed by atoms with Crippen LogP contribution in [0.5, 0.6) is 0 Å². The van der Waals surface area contributed by atoms with Crippen LogP contribution in [0.25, 0.3) is 27.8 Å². The highest BCUT2D eigenvalue weighted by atomic mass is 35.5. The zero-order chi connectivity index (χ0) is 16.7. The van der Waals surface area contributed by atoms with Gasteiger partial charge >= 0.3 is 0 Å². The maximum absolute atomic E-state index is 6.34. The van der Waals surface area contributed by atoms with E-state index in [4.69, 9.17) is 17.3 Å². The van der Waals surface area contributed by atoms with Gasteiger partial charge in [-0.05, 0) is 30.7 Å². The van der Waals surface area contributed by atoms with E-state index in [2.05, 4.69) is 20.1 Å². The molecule has 0 aliphatic heterocycles. The summed E-state index contributed by atoms with van der Waals surface area (Å²) in [4.78, 5) is 12.6. The second-order valence-corrected chi connectivity index (χ2v) is 5.84. The molecule has 0 aliphatic carbocycles. The molecule has 118 valence electrons. The second kappa shape index (κ2) is 5.58. The molecule has 4 rings (SSSR count). The number of anilines is 1. The van der Waals surface area contributed by atoms with Crippen molar-refractivity contribution in [2.45, 2.75) is 6.92 Å². The third kappa shape index (κ3) is 2.28. The lowest BCUT2D eigenvalue weighted by atomic mass is 10.1. The molecule has 0 unspecified atom stereocenters. The lowest BCUT2D eigenvalue weighted by Crippen LogP contribution is -1.99. The van der Waals surface area contributed by atoms with E-state index in [9.17, 15) is 0 Å². The second-order valence-electron chi connectivity index (χ2n) is 5.43. The molecule has 0 amide bonds. The average molecular weight is 337 g/mol. The van der Waals surface area contributed by atoms with Gasteiger partial charge < -0.3 is 5.73 Å². The lowest BCUT2D eigenvalue weighted by Gasteiger charge is -2.08. The standard InChI is InChI=1S/C17H13ClN6/c1-10-2-3-14(18)15(6-10)24-17-13(8-23-24)11(4-5-21-17)12-7-20-9-22-16(12)19/h2-9H,1H3,(H2,19,20,22). The number of halogens is 1. The smallest absolute Gasteiger partial charge is 0.163 e. The van der Waals surface area contributed by atoms with E-state index in [-0.39, 0.29) is 0 Å². The number of nitrogen functional groups attached to an aromatic ring is 1. The maximum atomic E-state index is 6.34. The molecule has 0 aliphatic rings. The molecule has 3 heterocycles. The van der Waals surface area contributed by atoms with Crippen molar-refractivity contribution in [2.24, 2.45) is 0 Å². The molecule has 2 N–H and O–H groups in total. The van der Waals surface area contributed by atoms with E-state index in [0.29, 0.717) is 16.5 Å². The Bertz CT molecular complexity index is 1060. The van der Waals surface area contributed by atoms with Gasteiger partial charge in [-0.25, -0.2) is 19.6 Å². The normalized spacial score (nSPS) is 11.1. The van der Waals surface area contributed by atoms with E-state index in [1.807, 2.05) is 31.2 Å². The minimum atomic E-state index is 0.416. The van der Waals surface area contributed by atoms with Gasteiger partial charge in [-0.2, -0.15) is 5.10 Å². The number of fused-ring (bicyclic) bond motifs is 1. The quantitative estimate of drug-likeness (QED) is 0.606. The van der Waals surface area contributed by atoms with Crippen LogP contribution in [0.15, 0.2) is 49.2 Å². The van der Waals surface area contributed by atoms with Crippen LogP contribution in [0.3, 0.4) is 0 Å². The minimum Gasteiger partial charge on any atom is -0.383 e. The fourth-order valence-electron chi connectivity index (χ4n) is 2.67. The molecule has 6 nitrogen and oxygen atoms in total. The first kappa shape index (κ1) is 14.6. The lowest BCUT2D eigenvalue weighted by molar-refractivity contribution is 0.896. The molecule has 3 aromatic heterocycles. The predicted octanol–water partition coefficient (Wildman–Crippen LogP) is 3.42. The van der Waals surface area contributed by atoms with Gasteiger partial charge in [-0.1, -0.05) is 17.7 Å². The first-order valence-corrected chi connectivity index (χ1v) is 7.68. The van der Waals surface area contributed by atoms with Crippen molar-refractivity contribution in [3.8, 4) is 16.8 Å². The Morgan fingerprint density at radius 2 is 1.96 bits per heavy atom. The molecule has 0 saturated carbocycles. The van der Waals surface area contributed by atoms with E-state index in [1.54, 1.807) is 23.3 Å². The van der Waals surface area contributed by atoms with E-state index in [1.165, 1.54) is 6.33 Å². The monoisotopic (exact) mass is 336 g/mol. The van der Waals surface area contributed by atoms with Crippen molar-refractivity contribution in [3.63, 3.8) is 0 Å². The van der Waals surface area contributed by atoms with Crippen LogP contribution < -0.4 is 5.73 Å². The summed E-state index contributed by atoms with van der Waals surface area (Å²) < 4.78 is 1.73. The molecule has 0 fully saturated rings. The van der Waals surface area contributed by atoms with Crippen molar-refractivity contribution in [1.29, 1.82) is 0 Å². The molecule has 0 spiro atoms. The van der Waals surface area contributed by atoms with Gasteiger partial charge in [-0.3, -0.25) is 0 Å². The molecule has 7 heteroatoms. The fourth-order valence-corrected chi connectivity index (χ4v) is 2.87. The van der Waals surface area contributed by atoms with Crippen molar-refractivity contribution < 1.29 is 0 Å². The Hall–Kier alpha value is -2.99. The van der Waals surface area contributed by atoms with Crippen molar-refractivity contribution in [3.05, 3.63) is 59.8 Å². The summed E-state index contributed by atoms with van der Waals surface area (Å²) in [5, 5.41) is 5.94. The summed E-state index contributed by atoms with van der Waals surface area (Å²) in [7, 11) is 0. The molecule has 4 aromatic rings. The van der Waals surface area contributed by atoms with Gasteiger partial charge in [0.15, 0.2) is 5.65 Å². The van der Waals surface area contributed by atoms with Crippen LogP contribution in [0, 0.1) is 6.92 Å². The van der Waals surface area contributed by atoms with Crippen LogP contribution >= 0.6 is 11.6 Å². The van der Waals surface area contributed by atoms with Crippen LogP contribution in [0.4, 0.5) is 5.82 Å². The third-order valence-electron chi connectivity index (χ3n) is 3.84. The summed E-state index contributed by atoms with van der Waals surface area (Å²) >= 11 is 6.34. The topological polar surface area (TPSA) is 82.5 Å².